The predicted molar refractivity (Wildman–Crippen MR) is 43.9 cm³/mol. The Kier molecular flexibility index (Phi) is 3.09. The van der Waals surface area contributed by atoms with Gasteiger partial charge in [-0.2, -0.15) is 0 Å². The zero-order chi connectivity index (χ0) is 8.97. The lowest BCUT2D eigenvalue weighted by Crippen LogP contribution is -2.13. The van der Waals surface area contributed by atoms with Crippen LogP contribution < -0.4 is 0 Å². The Morgan fingerprint density at radius 1 is 1.83 bits per heavy atom. The quantitative estimate of drug-likeness (QED) is 0.540. The van der Waals surface area contributed by atoms with Crippen LogP contribution in [-0.2, 0) is 16.1 Å². The Morgan fingerprint density at radius 3 is 3.08 bits per heavy atom. The number of rotatable bonds is 3. The largest absolute Gasteiger partial charge is 0.465 e. The second-order valence-electron chi connectivity index (χ2n) is 2.08. The molecule has 0 aromatic carbocycles. The van der Waals surface area contributed by atoms with Gasteiger partial charge in [-0.1, -0.05) is 5.21 Å². The second kappa shape index (κ2) is 4.10. The molecule has 0 atom stereocenters. The van der Waals surface area contributed by atoms with Crippen LogP contribution in [0.2, 0.25) is 0 Å². The van der Waals surface area contributed by atoms with Gasteiger partial charge in [-0.25, -0.2) is 4.68 Å². The number of hydrogen-bond acceptors (Lipinski definition) is 5. The van der Waals surface area contributed by atoms with E-state index in [1.54, 1.807) is 13.1 Å². The Bertz CT molecular complexity index is 274. The molecule has 0 spiro atoms. The summed E-state index contributed by atoms with van der Waals surface area (Å²) in [4.78, 5) is 10.9. The minimum absolute atomic E-state index is 0.0847. The van der Waals surface area contributed by atoms with Gasteiger partial charge < -0.3 is 4.74 Å². The van der Waals surface area contributed by atoms with Crippen molar-refractivity contribution in [3.05, 3.63) is 6.20 Å². The van der Waals surface area contributed by atoms with Crippen LogP contribution in [0.1, 0.15) is 6.92 Å². The summed E-state index contributed by atoms with van der Waals surface area (Å²) in [5.41, 5.74) is 0. The minimum atomic E-state index is -0.323. The van der Waals surface area contributed by atoms with Gasteiger partial charge in [0.05, 0.1) is 12.8 Å². The van der Waals surface area contributed by atoms with Crippen molar-refractivity contribution >= 4 is 18.6 Å². The van der Waals surface area contributed by atoms with E-state index in [4.69, 9.17) is 4.74 Å². The van der Waals surface area contributed by atoms with Crippen molar-refractivity contribution in [1.29, 1.82) is 0 Å². The van der Waals surface area contributed by atoms with Gasteiger partial charge in [-0.15, -0.1) is 17.7 Å². The van der Waals surface area contributed by atoms with Gasteiger partial charge in [-0.3, -0.25) is 4.79 Å². The molecule has 0 bridgehead atoms. The average molecular weight is 187 g/mol. The van der Waals surface area contributed by atoms with Crippen LogP contribution in [0.5, 0.6) is 0 Å². The fourth-order valence-electron chi connectivity index (χ4n) is 0.704. The topological polar surface area (TPSA) is 57.0 Å². The van der Waals surface area contributed by atoms with E-state index < -0.39 is 0 Å². The second-order valence-corrected chi connectivity index (χ2v) is 2.54. The number of ether oxygens (including phenoxy) is 1. The molecule has 0 saturated heterocycles. The average Bonchev–Trinajstić information content (AvgIpc) is 2.36. The van der Waals surface area contributed by atoms with E-state index in [2.05, 4.69) is 22.9 Å². The highest BCUT2D eigenvalue weighted by atomic mass is 32.1. The maximum atomic E-state index is 10.9. The Morgan fingerprint density at radius 2 is 2.58 bits per heavy atom. The highest BCUT2D eigenvalue weighted by Gasteiger charge is 2.03. The molecule has 0 N–H and O–H groups in total. The molecule has 66 valence electrons. The summed E-state index contributed by atoms with van der Waals surface area (Å²) in [6.07, 6.45) is 1.56. The van der Waals surface area contributed by atoms with Crippen LogP contribution in [-0.4, -0.2) is 27.6 Å². The number of carbonyl (C=O) groups is 1. The molecule has 5 nitrogen and oxygen atoms in total. The Labute approximate surface area is 75.1 Å². The first-order valence-corrected chi connectivity index (χ1v) is 3.92. The molecule has 1 heterocycles. The smallest absolute Gasteiger partial charge is 0.327 e. The van der Waals surface area contributed by atoms with Gasteiger partial charge in [0.25, 0.3) is 0 Å². The van der Waals surface area contributed by atoms with Crippen LogP contribution in [0.3, 0.4) is 0 Å². The molecule has 0 aliphatic carbocycles. The number of aromatic nitrogens is 3. The van der Waals surface area contributed by atoms with Crippen molar-refractivity contribution in [2.24, 2.45) is 0 Å². The normalized spacial score (nSPS) is 9.83. The molecular weight excluding hydrogens is 178 g/mol. The molecule has 1 aromatic heterocycles. The number of esters is 1. The zero-order valence-corrected chi connectivity index (χ0v) is 7.49. The molecule has 6 heteroatoms. The van der Waals surface area contributed by atoms with Crippen LogP contribution in [0.25, 0.3) is 0 Å². The van der Waals surface area contributed by atoms with E-state index >= 15 is 0 Å². The maximum Gasteiger partial charge on any atom is 0.327 e. The lowest BCUT2D eigenvalue weighted by molar-refractivity contribution is -0.144. The van der Waals surface area contributed by atoms with Crippen LogP contribution >= 0.6 is 12.6 Å². The maximum absolute atomic E-state index is 10.9. The summed E-state index contributed by atoms with van der Waals surface area (Å²) in [5, 5.41) is 7.71. The van der Waals surface area contributed by atoms with Crippen molar-refractivity contribution in [2.75, 3.05) is 6.61 Å². The van der Waals surface area contributed by atoms with E-state index in [9.17, 15) is 4.79 Å². The highest BCUT2D eigenvalue weighted by Crippen LogP contribution is 1.97. The van der Waals surface area contributed by atoms with Crippen molar-refractivity contribution in [1.82, 2.24) is 15.0 Å². The summed E-state index contributed by atoms with van der Waals surface area (Å²) in [6, 6.07) is 0. The van der Waals surface area contributed by atoms with Crippen molar-refractivity contribution in [3.8, 4) is 0 Å². The molecular formula is C6H9N3O2S. The molecule has 1 rings (SSSR count). The van der Waals surface area contributed by atoms with E-state index in [1.807, 2.05) is 0 Å². The summed E-state index contributed by atoms with van der Waals surface area (Å²) >= 11 is 3.93. The summed E-state index contributed by atoms with van der Waals surface area (Å²) < 4.78 is 6.08. The number of thiol groups is 1. The molecule has 0 unspecified atom stereocenters. The lowest BCUT2D eigenvalue weighted by Gasteiger charge is -1.99. The van der Waals surface area contributed by atoms with Gasteiger partial charge in [0.1, 0.15) is 11.6 Å². The summed E-state index contributed by atoms with van der Waals surface area (Å²) in [6.45, 7) is 2.21. The minimum Gasteiger partial charge on any atom is -0.465 e. The van der Waals surface area contributed by atoms with E-state index in [0.717, 1.165) is 0 Å². The third kappa shape index (κ3) is 2.54. The fraction of sp³-hybridized carbons (Fsp3) is 0.500. The highest BCUT2D eigenvalue weighted by molar-refractivity contribution is 7.80. The lowest BCUT2D eigenvalue weighted by atomic mass is 10.6. The molecule has 0 aliphatic rings. The Balaban J connectivity index is 2.46. The fourth-order valence-corrected chi connectivity index (χ4v) is 0.878. The zero-order valence-electron chi connectivity index (χ0n) is 6.60. The van der Waals surface area contributed by atoms with Gasteiger partial charge >= 0.3 is 5.97 Å². The van der Waals surface area contributed by atoms with Crippen LogP contribution in [0.4, 0.5) is 0 Å². The van der Waals surface area contributed by atoms with Crippen molar-refractivity contribution in [2.45, 2.75) is 18.5 Å². The van der Waals surface area contributed by atoms with Gasteiger partial charge in [0, 0.05) is 0 Å². The molecule has 0 saturated carbocycles. The first-order chi connectivity index (χ1) is 5.72. The molecule has 0 aliphatic heterocycles. The summed E-state index contributed by atoms with van der Waals surface area (Å²) in [5.74, 6) is -0.323. The standard InChI is InChI=1S/C6H9N3O2S/c1-2-11-6(10)4-9-3-5(12)7-8-9/h3,12H,2,4H2,1H3. The number of carbonyl (C=O) groups excluding carboxylic acids is 1. The van der Waals surface area contributed by atoms with Gasteiger partial charge in [0.15, 0.2) is 0 Å². The molecule has 12 heavy (non-hydrogen) atoms. The van der Waals surface area contributed by atoms with Crippen LogP contribution in [0.15, 0.2) is 11.2 Å². The molecule has 0 radical (unpaired) electrons. The first-order valence-electron chi connectivity index (χ1n) is 3.47. The van der Waals surface area contributed by atoms with Crippen LogP contribution in [0, 0.1) is 0 Å². The first kappa shape index (κ1) is 9.05. The molecule has 0 fully saturated rings. The monoisotopic (exact) mass is 187 g/mol. The Hall–Kier alpha value is -1.04. The number of hydrogen-bond donors (Lipinski definition) is 1. The SMILES string of the molecule is CCOC(=O)Cn1cc(S)nn1. The predicted octanol–water partition coefficient (Wildman–Crippen LogP) is 0.130. The van der Waals surface area contributed by atoms with Gasteiger partial charge in [0.2, 0.25) is 0 Å². The molecule has 1 aromatic rings. The van der Waals surface area contributed by atoms with Crippen molar-refractivity contribution < 1.29 is 9.53 Å². The van der Waals surface area contributed by atoms with E-state index in [1.165, 1.54) is 4.68 Å². The molecule has 0 amide bonds. The van der Waals surface area contributed by atoms with Crippen molar-refractivity contribution in [3.63, 3.8) is 0 Å². The number of nitrogens with zero attached hydrogens (tertiary/aromatic N) is 3. The third-order valence-corrected chi connectivity index (χ3v) is 1.33. The third-order valence-electron chi connectivity index (χ3n) is 1.12. The van der Waals surface area contributed by atoms with E-state index in [-0.39, 0.29) is 12.5 Å². The van der Waals surface area contributed by atoms with Gasteiger partial charge in [-0.05, 0) is 6.92 Å². The van der Waals surface area contributed by atoms with E-state index in [0.29, 0.717) is 11.6 Å². The summed E-state index contributed by atoms with van der Waals surface area (Å²) in [7, 11) is 0.